The van der Waals surface area contributed by atoms with Gasteiger partial charge in [0.1, 0.15) is 11.6 Å². The Labute approximate surface area is 182 Å². The van der Waals surface area contributed by atoms with Gasteiger partial charge in [-0.25, -0.2) is 9.07 Å². The molecule has 1 aromatic heterocycles. The molecule has 0 radical (unpaired) electrons. The second kappa shape index (κ2) is 9.46. The van der Waals surface area contributed by atoms with Gasteiger partial charge in [-0.15, -0.1) is 0 Å². The van der Waals surface area contributed by atoms with Crippen molar-refractivity contribution in [3.05, 3.63) is 81.5 Å². The fourth-order valence-corrected chi connectivity index (χ4v) is 4.73. The summed E-state index contributed by atoms with van der Waals surface area (Å²) in [6, 6.07) is 13.5. The molecule has 1 N–H and O–H groups in total. The first-order valence-electron chi connectivity index (χ1n) is 11.2. The number of halogens is 1. The minimum Gasteiger partial charge on any atom is -0.507 e. The van der Waals surface area contributed by atoms with E-state index in [0.29, 0.717) is 42.0 Å². The van der Waals surface area contributed by atoms with Crippen LogP contribution in [0.4, 0.5) is 4.39 Å². The Morgan fingerprint density at radius 2 is 1.84 bits per heavy atom. The Balaban J connectivity index is 1.75. The van der Waals surface area contributed by atoms with Gasteiger partial charge in [-0.3, -0.25) is 4.79 Å². The van der Waals surface area contributed by atoms with Gasteiger partial charge in [0.05, 0.1) is 5.69 Å². The Morgan fingerprint density at radius 1 is 1.06 bits per heavy atom. The molecule has 0 unspecified atom stereocenters. The zero-order chi connectivity index (χ0) is 21.8. The number of aromatic nitrogens is 2. The maximum Gasteiger partial charge on any atom is 0.270 e. The number of aryl methyl sites for hydroxylation is 2. The summed E-state index contributed by atoms with van der Waals surface area (Å²) in [5, 5.41) is 15.1. The van der Waals surface area contributed by atoms with Crippen molar-refractivity contribution in [3.63, 3.8) is 0 Å². The molecule has 1 saturated carbocycles. The summed E-state index contributed by atoms with van der Waals surface area (Å²) in [7, 11) is 0. The zero-order valence-corrected chi connectivity index (χ0v) is 18.0. The van der Waals surface area contributed by atoms with Gasteiger partial charge in [-0.05, 0) is 62.3 Å². The van der Waals surface area contributed by atoms with E-state index < -0.39 is 0 Å². The Hall–Kier alpha value is -2.95. The molecule has 0 atom stereocenters. The van der Waals surface area contributed by atoms with Crippen LogP contribution in [0.2, 0.25) is 0 Å². The molecule has 162 valence electrons. The molecule has 0 bridgehead atoms. The van der Waals surface area contributed by atoms with Crippen molar-refractivity contribution in [2.75, 3.05) is 0 Å². The van der Waals surface area contributed by atoms with Crippen LogP contribution >= 0.6 is 0 Å². The van der Waals surface area contributed by atoms with E-state index in [4.69, 9.17) is 0 Å². The van der Waals surface area contributed by atoms with Crippen molar-refractivity contribution >= 4 is 0 Å². The molecule has 1 aliphatic rings. The molecular formula is C26H29FN2O2. The minimum absolute atomic E-state index is 0.106. The van der Waals surface area contributed by atoms with E-state index in [2.05, 4.69) is 5.10 Å². The molecule has 2 aromatic carbocycles. The minimum atomic E-state index is -0.279. The van der Waals surface area contributed by atoms with Gasteiger partial charge >= 0.3 is 0 Å². The molecule has 3 aromatic rings. The zero-order valence-electron chi connectivity index (χ0n) is 18.0. The first kappa shape index (κ1) is 21.3. The second-order valence-electron chi connectivity index (χ2n) is 8.58. The van der Waals surface area contributed by atoms with Crippen LogP contribution in [0.3, 0.4) is 0 Å². The molecule has 1 aliphatic carbocycles. The molecule has 0 spiro atoms. The normalized spacial score (nSPS) is 14.6. The monoisotopic (exact) mass is 420 g/mol. The van der Waals surface area contributed by atoms with Crippen LogP contribution < -0.4 is 5.56 Å². The predicted octanol–water partition coefficient (Wildman–Crippen LogP) is 5.43. The Bertz CT molecular complexity index is 1120. The van der Waals surface area contributed by atoms with Gasteiger partial charge in [0.2, 0.25) is 0 Å². The van der Waals surface area contributed by atoms with Crippen molar-refractivity contribution in [1.82, 2.24) is 9.78 Å². The molecule has 0 amide bonds. The highest BCUT2D eigenvalue weighted by molar-refractivity contribution is 5.74. The van der Waals surface area contributed by atoms with Crippen molar-refractivity contribution in [1.29, 1.82) is 0 Å². The molecule has 31 heavy (non-hydrogen) atoms. The number of phenolic OH excluding ortho intramolecular Hbond substituents is 1. The third kappa shape index (κ3) is 4.87. The summed E-state index contributed by atoms with van der Waals surface area (Å²) < 4.78 is 15.3. The van der Waals surface area contributed by atoms with Gasteiger partial charge in [0.25, 0.3) is 5.56 Å². The van der Waals surface area contributed by atoms with Crippen molar-refractivity contribution in [3.8, 4) is 16.9 Å². The lowest BCUT2D eigenvalue weighted by Gasteiger charge is -2.23. The molecular weight excluding hydrogens is 391 g/mol. The highest BCUT2D eigenvalue weighted by Crippen LogP contribution is 2.33. The predicted molar refractivity (Wildman–Crippen MR) is 121 cm³/mol. The topological polar surface area (TPSA) is 55.1 Å². The summed E-state index contributed by atoms with van der Waals surface area (Å²) >= 11 is 0. The standard InChI is InChI=1S/C26H29FN2O2/c1-18-25(22-12-5-6-13-24(22)30)23(15-14-19-10-7-11-21(27)16-19)26(31)29(28-18)17-20-8-3-2-4-9-20/h5-7,10-13,16,20,30H,2-4,8-9,14-15,17H2,1H3. The third-order valence-corrected chi connectivity index (χ3v) is 6.31. The van der Waals surface area contributed by atoms with Gasteiger partial charge in [0, 0.05) is 23.2 Å². The fourth-order valence-electron chi connectivity index (χ4n) is 4.73. The molecule has 1 heterocycles. The third-order valence-electron chi connectivity index (χ3n) is 6.31. The number of nitrogens with zero attached hydrogens (tertiary/aromatic N) is 2. The maximum atomic E-state index is 13.6. The number of phenols is 1. The first-order chi connectivity index (χ1) is 15.0. The number of rotatable bonds is 6. The summed E-state index contributed by atoms with van der Waals surface area (Å²) in [4.78, 5) is 13.5. The highest BCUT2D eigenvalue weighted by atomic mass is 19.1. The number of para-hydroxylation sites is 1. The average Bonchev–Trinajstić information content (AvgIpc) is 2.76. The van der Waals surface area contributed by atoms with Crippen LogP contribution in [0, 0.1) is 18.7 Å². The number of benzene rings is 2. The van der Waals surface area contributed by atoms with Crippen LogP contribution in [0.15, 0.2) is 53.3 Å². The van der Waals surface area contributed by atoms with E-state index in [1.165, 1.54) is 31.4 Å². The van der Waals surface area contributed by atoms with Crippen LogP contribution in [-0.2, 0) is 19.4 Å². The van der Waals surface area contributed by atoms with Gasteiger partial charge in [0.15, 0.2) is 0 Å². The van der Waals surface area contributed by atoms with Gasteiger partial charge < -0.3 is 5.11 Å². The lowest BCUT2D eigenvalue weighted by molar-refractivity contribution is 0.301. The van der Waals surface area contributed by atoms with E-state index in [1.807, 2.05) is 25.1 Å². The van der Waals surface area contributed by atoms with Crippen molar-refractivity contribution < 1.29 is 9.50 Å². The summed E-state index contributed by atoms with van der Waals surface area (Å²) in [6.07, 6.45) is 6.95. The van der Waals surface area contributed by atoms with Crippen molar-refractivity contribution in [2.24, 2.45) is 5.92 Å². The van der Waals surface area contributed by atoms with E-state index in [9.17, 15) is 14.3 Å². The maximum absolute atomic E-state index is 13.6. The van der Waals surface area contributed by atoms with Crippen LogP contribution in [0.25, 0.3) is 11.1 Å². The van der Waals surface area contributed by atoms with E-state index in [-0.39, 0.29) is 17.1 Å². The smallest absolute Gasteiger partial charge is 0.270 e. The van der Waals surface area contributed by atoms with Crippen LogP contribution in [0.5, 0.6) is 5.75 Å². The first-order valence-corrected chi connectivity index (χ1v) is 11.2. The van der Waals surface area contributed by atoms with Crippen LogP contribution in [0.1, 0.15) is 48.9 Å². The van der Waals surface area contributed by atoms with E-state index >= 15 is 0 Å². The summed E-state index contributed by atoms with van der Waals surface area (Å²) in [6.45, 7) is 2.53. The van der Waals surface area contributed by atoms with Gasteiger partial charge in [-0.2, -0.15) is 5.10 Å². The van der Waals surface area contributed by atoms with Crippen molar-refractivity contribution in [2.45, 2.75) is 58.4 Å². The lowest BCUT2D eigenvalue weighted by Crippen LogP contribution is -2.31. The average molecular weight is 421 g/mol. The van der Waals surface area contributed by atoms with Crippen LogP contribution in [-0.4, -0.2) is 14.9 Å². The van der Waals surface area contributed by atoms with E-state index in [1.54, 1.807) is 22.9 Å². The number of hydrogen-bond acceptors (Lipinski definition) is 3. The highest BCUT2D eigenvalue weighted by Gasteiger charge is 2.21. The summed E-state index contributed by atoms with van der Waals surface area (Å²) in [5.74, 6) is 0.327. The SMILES string of the molecule is Cc1nn(CC2CCCCC2)c(=O)c(CCc2cccc(F)c2)c1-c1ccccc1O. The molecule has 4 rings (SSSR count). The summed E-state index contributed by atoms with van der Waals surface area (Å²) in [5.41, 5.74) is 3.41. The fraction of sp³-hybridized carbons (Fsp3) is 0.385. The largest absolute Gasteiger partial charge is 0.507 e. The Kier molecular flexibility index (Phi) is 6.50. The lowest BCUT2D eigenvalue weighted by atomic mass is 9.89. The van der Waals surface area contributed by atoms with Gasteiger partial charge in [-0.1, -0.05) is 49.6 Å². The molecule has 1 fully saturated rings. The van der Waals surface area contributed by atoms with E-state index in [0.717, 1.165) is 24.1 Å². The molecule has 4 nitrogen and oxygen atoms in total. The number of hydrogen-bond donors (Lipinski definition) is 1. The second-order valence-corrected chi connectivity index (χ2v) is 8.58. The molecule has 0 saturated heterocycles. The molecule has 5 heteroatoms. The molecule has 0 aliphatic heterocycles. The number of aromatic hydroxyl groups is 1. The quantitative estimate of drug-likeness (QED) is 0.579. The Morgan fingerprint density at radius 3 is 2.58 bits per heavy atom.